The van der Waals surface area contributed by atoms with E-state index < -0.39 is 28.7 Å². The van der Waals surface area contributed by atoms with Crippen molar-refractivity contribution in [3.05, 3.63) is 77.0 Å². The molecule has 1 heterocycles. The molecule has 0 aliphatic rings. The van der Waals surface area contributed by atoms with Gasteiger partial charge in [0.1, 0.15) is 0 Å². The SMILES string of the molecule is Cc1c(C(=O)Nc2ccc(CS(=O)O)cc2)cn(CCCCO)c1-c1ccccc1C(F)(F)F. The maximum atomic E-state index is 13.7. The number of hydrogen-bond donors (Lipinski definition) is 3. The average Bonchev–Trinajstić information content (AvgIpc) is 3.10. The number of nitrogens with zero attached hydrogens (tertiary/aromatic N) is 1. The van der Waals surface area contributed by atoms with E-state index in [1.807, 2.05) is 0 Å². The monoisotopic (exact) mass is 494 g/mol. The molecule has 0 bridgehead atoms. The van der Waals surface area contributed by atoms with Gasteiger partial charge in [-0.2, -0.15) is 13.2 Å². The van der Waals surface area contributed by atoms with Crippen LogP contribution in [0.2, 0.25) is 0 Å². The highest BCUT2D eigenvalue weighted by Gasteiger charge is 2.35. The smallest absolute Gasteiger partial charge is 0.396 e. The highest BCUT2D eigenvalue weighted by molar-refractivity contribution is 7.78. The van der Waals surface area contributed by atoms with Crippen molar-refractivity contribution in [2.45, 2.75) is 38.2 Å². The minimum absolute atomic E-state index is 0.0168. The number of carbonyl (C=O) groups is 1. The number of rotatable bonds is 9. The molecule has 0 radical (unpaired) electrons. The van der Waals surface area contributed by atoms with Crippen molar-refractivity contribution < 1.29 is 31.8 Å². The Balaban J connectivity index is 1.98. The quantitative estimate of drug-likeness (QED) is 0.281. The number of aryl methyl sites for hydroxylation is 1. The molecule has 10 heteroatoms. The Morgan fingerprint density at radius 1 is 1.09 bits per heavy atom. The standard InChI is InChI=1S/C24H25F3N2O4S/c1-16-20(23(31)28-18-10-8-17(9-11-18)15-34(32)33)14-29(12-4-5-13-30)22(16)19-6-2-3-7-21(19)24(25,26)27/h2-3,6-11,14,30H,4-5,12-13,15H2,1H3,(H,28,31)(H,32,33). The van der Waals surface area contributed by atoms with Crippen LogP contribution in [0.5, 0.6) is 0 Å². The summed E-state index contributed by atoms with van der Waals surface area (Å²) in [6.45, 7) is 1.91. The number of carbonyl (C=O) groups excluding carboxylic acids is 1. The minimum atomic E-state index is -4.56. The summed E-state index contributed by atoms with van der Waals surface area (Å²) in [5.41, 5.74) is 1.21. The van der Waals surface area contributed by atoms with Crippen molar-refractivity contribution in [2.24, 2.45) is 0 Å². The summed E-state index contributed by atoms with van der Waals surface area (Å²) in [6.07, 6.45) is -2.02. The van der Waals surface area contributed by atoms with Gasteiger partial charge < -0.3 is 19.5 Å². The molecule has 1 amide bonds. The Morgan fingerprint density at radius 2 is 1.76 bits per heavy atom. The predicted molar refractivity (Wildman–Crippen MR) is 125 cm³/mol. The Labute approximate surface area is 197 Å². The summed E-state index contributed by atoms with van der Waals surface area (Å²) in [5.74, 6) is -0.519. The molecular weight excluding hydrogens is 469 g/mol. The third-order valence-corrected chi connectivity index (χ3v) is 5.95. The van der Waals surface area contributed by atoms with E-state index in [-0.39, 0.29) is 23.5 Å². The van der Waals surface area contributed by atoms with E-state index in [2.05, 4.69) is 5.32 Å². The first-order valence-electron chi connectivity index (χ1n) is 10.6. The van der Waals surface area contributed by atoms with Gasteiger partial charge in [0.15, 0.2) is 11.1 Å². The number of amides is 1. The summed E-state index contributed by atoms with van der Waals surface area (Å²) >= 11 is -1.98. The fraction of sp³-hybridized carbons (Fsp3) is 0.292. The third-order valence-electron chi connectivity index (χ3n) is 5.37. The highest BCUT2D eigenvalue weighted by Crippen LogP contribution is 2.39. The molecular formula is C24H25F3N2O4S. The van der Waals surface area contributed by atoms with Crippen LogP contribution in [-0.4, -0.2) is 30.9 Å². The highest BCUT2D eigenvalue weighted by atomic mass is 32.2. The van der Waals surface area contributed by atoms with Crippen molar-refractivity contribution in [3.8, 4) is 11.3 Å². The van der Waals surface area contributed by atoms with Crippen LogP contribution in [0.1, 0.15) is 39.9 Å². The molecule has 3 rings (SSSR count). The summed E-state index contributed by atoms with van der Waals surface area (Å²) in [4.78, 5) is 13.0. The van der Waals surface area contributed by atoms with E-state index in [1.165, 1.54) is 24.4 Å². The molecule has 0 saturated carbocycles. The Morgan fingerprint density at radius 3 is 2.38 bits per heavy atom. The first-order chi connectivity index (χ1) is 16.1. The van der Waals surface area contributed by atoms with Crippen molar-refractivity contribution in [2.75, 3.05) is 11.9 Å². The molecule has 1 atom stereocenters. The van der Waals surface area contributed by atoms with Gasteiger partial charge >= 0.3 is 6.18 Å². The van der Waals surface area contributed by atoms with Crippen molar-refractivity contribution in [1.29, 1.82) is 0 Å². The Bertz CT molecular complexity index is 1170. The van der Waals surface area contributed by atoms with E-state index in [9.17, 15) is 22.2 Å². The number of aliphatic hydroxyl groups is 1. The molecule has 3 aromatic rings. The number of unbranched alkanes of at least 4 members (excludes halogenated alkanes) is 1. The molecule has 6 nitrogen and oxygen atoms in total. The van der Waals surface area contributed by atoms with Crippen LogP contribution in [0.25, 0.3) is 11.3 Å². The van der Waals surface area contributed by atoms with Gasteiger partial charge in [0.2, 0.25) is 0 Å². The molecule has 2 aromatic carbocycles. The fourth-order valence-electron chi connectivity index (χ4n) is 3.78. The predicted octanol–water partition coefficient (Wildman–Crippen LogP) is 5.23. The van der Waals surface area contributed by atoms with E-state index >= 15 is 0 Å². The lowest BCUT2D eigenvalue weighted by atomic mass is 10.00. The molecule has 182 valence electrons. The fourth-order valence-corrected chi connectivity index (χ4v) is 4.26. The second kappa shape index (κ2) is 11.0. The summed E-state index contributed by atoms with van der Waals surface area (Å²) < 4.78 is 62.7. The number of halogens is 3. The average molecular weight is 495 g/mol. The van der Waals surface area contributed by atoms with Gasteiger partial charge in [0.05, 0.1) is 22.6 Å². The molecule has 0 aliphatic heterocycles. The maximum Gasteiger partial charge on any atom is 0.417 e. The Kier molecular flexibility index (Phi) is 8.29. The van der Waals surface area contributed by atoms with E-state index in [1.54, 1.807) is 35.8 Å². The maximum absolute atomic E-state index is 13.7. The van der Waals surface area contributed by atoms with Gasteiger partial charge in [-0.25, -0.2) is 4.21 Å². The zero-order valence-corrected chi connectivity index (χ0v) is 19.2. The number of aliphatic hydroxyl groups excluding tert-OH is 1. The molecule has 3 N–H and O–H groups in total. The molecule has 34 heavy (non-hydrogen) atoms. The first kappa shape index (κ1) is 25.7. The van der Waals surface area contributed by atoms with Crippen molar-refractivity contribution in [1.82, 2.24) is 4.57 Å². The molecule has 0 saturated heterocycles. The normalized spacial score (nSPS) is 12.5. The van der Waals surface area contributed by atoms with Gasteiger partial charge in [-0.1, -0.05) is 30.3 Å². The minimum Gasteiger partial charge on any atom is -0.396 e. The van der Waals surface area contributed by atoms with Crippen molar-refractivity contribution >= 4 is 22.7 Å². The summed E-state index contributed by atoms with van der Waals surface area (Å²) in [6, 6.07) is 11.7. The van der Waals surface area contributed by atoms with Gasteiger partial charge in [-0.3, -0.25) is 4.79 Å². The second-order valence-corrected chi connectivity index (χ2v) is 8.73. The molecule has 0 aliphatic carbocycles. The molecule has 1 unspecified atom stereocenters. The molecule has 1 aromatic heterocycles. The topological polar surface area (TPSA) is 91.6 Å². The third kappa shape index (κ3) is 6.13. The number of anilines is 1. The summed E-state index contributed by atoms with van der Waals surface area (Å²) in [7, 11) is 0. The number of benzene rings is 2. The van der Waals surface area contributed by atoms with Crippen LogP contribution in [0, 0.1) is 6.92 Å². The van der Waals surface area contributed by atoms with Crippen LogP contribution < -0.4 is 5.32 Å². The van der Waals surface area contributed by atoms with Crippen LogP contribution in [-0.2, 0) is 29.6 Å². The molecule has 0 spiro atoms. The summed E-state index contributed by atoms with van der Waals surface area (Å²) in [5, 5.41) is 11.8. The van der Waals surface area contributed by atoms with Crippen molar-refractivity contribution in [3.63, 3.8) is 0 Å². The van der Waals surface area contributed by atoms with Crippen LogP contribution in [0.4, 0.5) is 18.9 Å². The number of hydrogen-bond acceptors (Lipinski definition) is 3. The van der Waals surface area contributed by atoms with Crippen LogP contribution >= 0.6 is 0 Å². The first-order valence-corrected chi connectivity index (χ1v) is 11.8. The number of nitrogens with one attached hydrogen (secondary N) is 1. The van der Waals surface area contributed by atoms with Gasteiger partial charge in [-0.15, -0.1) is 0 Å². The zero-order chi connectivity index (χ0) is 24.9. The van der Waals surface area contributed by atoms with E-state index in [4.69, 9.17) is 9.66 Å². The molecule has 0 fully saturated rings. The van der Waals surface area contributed by atoms with Gasteiger partial charge in [-0.05, 0) is 49.1 Å². The Hall–Kier alpha value is -2.95. The lowest BCUT2D eigenvalue weighted by molar-refractivity contribution is -0.137. The van der Waals surface area contributed by atoms with Crippen LogP contribution in [0.15, 0.2) is 54.7 Å². The zero-order valence-electron chi connectivity index (χ0n) is 18.4. The second-order valence-electron chi connectivity index (χ2n) is 7.80. The van der Waals surface area contributed by atoms with Gasteiger partial charge in [0, 0.05) is 30.6 Å². The van der Waals surface area contributed by atoms with E-state index in [0.29, 0.717) is 41.9 Å². The lowest BCUT2D eigenvalue weighted by Crippen LogP contribution is -2.12. The van der Waals surface area contributed by atoms with Gasteiger partial charge in [0.25, 0.3) is 5.91 Å². The number of alkyl halides is 3. The largest absolute Gasteiger partial charge is 0.417 e. The van der Waals surface area contributed by atoms with Crippen LogP contribution in [0.3, 0.4) is 0 Å². The van der Waals surface area contributed by atoms with E-state index in [0.717, 1.165) is 6.07 Å². The number of aromatic nitrogens is 1. The lowest BCUT2D eigenvalue weighted by Gasteiger charge is -2.16.